The molecule has 5 rings (SSSR count). The lowest BCUT2D eigenvalue weighted by Crippen LogP contribution is -2.73. The largest absolute Gasteiger partial charge is 0.394 e. The molecule has 2 heterocycles. The molecule has 2 amide bonds. The van der Waals surface area contributed by atoms with Gasteiger partial charge in [-0.05, 0) is 25.7 Å². The number of carbonyl (C=O) groups is 2. The SMILES string of the molecule is COCc1nocc1C(=O)N=S1(=O)CCCN(C(=O)C23CC(C(F)(F)F)(C2)C3)CC1. The average molecular weight is 449 g/mol. The van der Waals surface area contributed by atoms with Gasteiger partial charge in [-0.25, -0.2) is 4.21 Å². The Labute approximate surface area is 171 Å². The first-order valence-corrected chi connectivity index (χ1v) is 11.4. The predicted octanol–water partition coefficient (Wildman–Crippen LogP) is 2.39. The van der Waals surface area contributed by atoms with E-state index < -0.39 is 32.6 Å². The van der Waals surface area contributed by atoms with Crippen molar-refractivity contribution < 1.29 is 36.2 Å². The van der Waals surface area contributed by atoms with Crippen LogP contribution in [-0.4, -0.2) is 64.0 Å². The van der Waals surface area contributed by atoms with Gasteiger partial charge in [0.05, 0.1) is 27.2 Å². The minimum Gasteiger partial charge on any atom is -0.378 e. The molecule has 1 aromatic heterocycles. The Kier molecular flexibility index (Phi) is 5.00. The summed E-state index contributed by atoms with van der Waals surface area (Å²) in [6, 6.07) is 0. The Hall–Kier alpha value is -1.95. The van der Waals surface area contributed by atoms with Crippen LogP contribution in [0.1, 0.15) is 41.7 Å². The number of hydrogen-bond donors (Lipinski definition) is 0. The lowest BCUT2D eigenvalue weighted by Gasteiger charge is -2.69. The van der Waals surface area contributed by atoms with Crippen LogP contribution in [0, 0.1) is 10.8 Å². The van der Waals surface area contributed by atoms with Gasteiger partial charge in [0.15, 0.2) is 0 Å². The minimum atomic E-state index is -4.27. The van der Waals surface area contributed by atoms with E-state index >= 15 is 0 Å². The fourth-order valence-corrected chi connectivity index (χ4v) is 6.64. The van der Waals surface area contributed by atoms with E-state index in [2.05, 4.69) is 9.52 Å². The van der Waals surface area contributed by atoms with Gasteiger partial charge in [0.25, 0.3) is 5.91 Å². The van der Waals surface area contributed by atoms with Crippen LogP contribution in [0.5, 0.6) is 0 Å². The molecular formula is C18H22F3N3O5S. The maximum Gasteiger partial charge on any atom is 0.394 e. The van der Waals surface area contributed by atoms with Crippen LogP contribution in [-0.2, 0) is 25.9 Å². The lowest BCUT2D eigenvalue weighted by molar-refractivity contribution is -0.353. The third-order valence-corrected chi connectivity index (χ3v) is 8.59. The molecule has 166 valence electrons. The molecule has 1 saturated heterocycles. The van der Waals surface area contributed by atoms with Crippen molar-refractivity contribution in [2.75, 3.05) is 31.7 Å². The quantitative estimate of drug-likeness (QED) is 0.700. The number of aromatic nitrogens is 1. The van der Waals surface area contributed by atoms with Crippen molar-refractivity contribution in [2.24, 2.45) is 15.2 Å². The molecule has 30 heavy (non-hydrogen) atoms. The molecule has 1 aromatic rings. The van der Waals surface area contributed by atoms with Crippen LogP contribution in [0.25, 0.3) is 0 Å². The van der Waals surface area contributed by atoms with Gasteiger partial charge in [-0.1, -0.05) is 5.16 Å². The second-order valence-electron chi connectivity index (χ2n) is 8.42. The van der Waals surface area contributed by atoms with Gasteiger partial charge < -0.3 is 14.2 Å². The topological polar surface area (TPSA) is 102 Å². The molecule has 2 bridgehead atoms. The average Bonchev–Trinajstić information content (AvgIpc) is 2.94. The summed E-state index contributed by atoms with van der Waals surface area (Å²) in [5.41, 5.74) is -2.29. The van der Waals surface area contributed by atoms with Gasteiger partial charge in [0, 0.05) is 31.7 Å². The Morgan fingerprint density at radius 1 is 1.30 bits per heavy atom. The molecule has 4 aliphatic rings. The van der Waals surface area contributed by atoms with Crippen LogP contribution in [0.3, 0.4) is 0 Å². The molecule has 12 heteroatoms. The van der Waals surface area contributed by atoms with Crippen molar-refractivity contribution in [2.45, 2.75) is 38.5 Å². The molecule has 8 nitrogen and oxygen atoms in total. The second-order valence-corrected chi connectivity index (χ2v) is 11.0. The predicted molar refractivity (Wildman–Crippen MR) is 97.8 cm³/mol. The highest BCUT2D eigenvalue weighted by atomic mass is 32.2. The molecule has 3 aliphatic carbocycles. The van der Waals surface area contributed by atoms with Crippen molar-refractivity contribution in [1.82, 2.24) is 10.1 Å². The first-order valence-electron chi connectivity index (χ1n) is 9.58. The zero-order valence-corrected chi connectivity index (χ0v) is 17.2. The Balaban J connectivity index is 1.42. The highest BCUT2D eigenvalue weighted by molar-refractivity contribution is 7.93. The summed E-state index contributed by atoms with van der Waals surface area (Å²) in [4.78, 5) is 26.8. The molecule has 0 N–H and O–H groups in total. The summed E-state index contributed by atoms with van der Waals surface area (Å²) in [6.45, 7) is 0.435. The monoisotopic (exact) mass is 449 g/mol. The molecule has 0 aromatic carbocycles. The summed E-state index contributed by atoms with van der Waals surface area (Å²) in [5.74, 6) is -0.896. The van der Waals surface area contributed by atoms with E-state index in [1.54, 1.807) is 0 Å². The highest BCUT2D eigenvalue weighted by Gasteiger charge is 2.81. The number of ether oxygens (including phenoxy) is 1. The molecule has 1 atom stereocenters. The smallest absolute Gasteiger partial charge is 0.378 e. The molecule has 0 spiro atoms. The van der Waals surface area contributed by atoms with Crippen LogP contribution in [0.15, 0.2) is 15.1 Å². The maximum atomic E-state index is 13.1. The Morgan fingerprint density at radius 2 is 2.00 bits per heavy atom. The summed E-state index contributed by atoms with van der Waals surface area (Å²) in [5, 5.41) is 3.66. The Bertz CT molecular complexity index is 976. The van der Waals surface area contributed by atoms with Crippen molar-refractivity contribution in [3.05, 3.63) is 17.5 Å². The van der Waals surface area contributed by atoms with Crippen molar-refractivity contribution in [1.29, 1.82) is 0 Å². The highest BCUT2D eigenvalue weighted by Crippen LogP contribution is 2.78. The van der Waals surface area contributed by atoms with Gasteiger partial charge in [0.1, 0.15) is 17.5 Å². The third kappa shape index (κ3) is 3.33. The number of hydrogen-bond acceptors (Lipinski definition) is 6. The van der Waals surface area contributed by atoms with Gasteiger partial charge in [0.2, 0.25) is 5.91 Å². The summed E-state index contributed by atoms with van der Waals surface area (Å²) in [6.07, 6.45) is -3.28. The van der Waals surface area contributed by atoms with E-state index in [4.69, 9.17) is 9.26 Å². The van der Waals surface area contributed by atoms with Gasteiger partial charge in [-0.2, -0.15) is 17.5 Å². The second kappa shape index (κ2) is 7.04. The lowest BCUT2D eigenvalue weighted by atomic mass is 9.34. The number of halogens is 3. The molecule has 1 aliphatic heterocycles. The first kappa shape index (κ1) is 21.3. The van der Waals surface area contributed by atoms with E-state index in [0.717, 1.165) is 6.26 Å². The van der Waals surface area contributed by atoms with E-state index in [0.29, 0.717) is 13.0 Å². The van der Waals surface area contributed by atoms with E-state index in [-0.39, 0.29) is 61.1 Å². The van der Waals surface area contributed by atoms with Crippen molar-refractivity contribution in [3.63, 3.8) is 0 Å². The zero-order valence-electron chi connectivity index (χ0n) is 16.4. The van der Waals surface area contributed by atoms with Gasteiger partial charge in [-0.3, -0.25) is 9.59 Å². The molecule has 0 radical (unpaired) electrons. The summed E-state index contributed by atoms with van der Waals surface area (Å²) in [7, 11) is -1.49. The van der Waals surface area contributed by atoms with Crippen LogP contribution >= 0.6 is 0 Å². The Morgan fingerprint density at radius 3 is 2.63 bits per heavy atom. The first-order chi connectivity index (χ1) is 14.0. The normalized spacial score (nSPS) is 33.3. The summed E-state index contributed by atoms with van der Waals surface area (Å²) >= 11 is 0. The number of nitrogens with zero attached hydrogens (tertiary/aromatic N) is 3. The third-order valence-electron chi connectivity index (χ3n) is 6.35. The number of rotatable bonds is 4. The standard InChI is InChI=1S/C18H22F3N3O5S/c1-28-8-13-12(7-29-22-13)14(25)23-30(27)5-2-3-24(4-6-30)15(26)16-9-17(10-16,11-16)18(19,20)21/h7H,2-6,8-11H2,1H3. The minimum absolute atomic E-state index is 0.00410. The molecule has 4 fully saturated rings. The van der Waals surface area contributed by atoms with E-state index in [1.807, 2.05) is 0 Å². The molecular weight excluding hydrogens is 427 g/mol. The number of amides is 2. The van der Waals surface area contributed by atoms with E-state index in [9.17, 15) is 27.0 Å². The fourth-order valence-electron chi connectivity index (χ4n) is 4.77. The fraction of sp³-hybridized carbons (Fsp3) is 0.722. The summed E-state index contributed by atoms with van der Waals surface area (Å²) < 4.78 is 65.9. The van der Waals surface area contributed by atoms with Crippen LogP contribution < -0.4 is 0 Å². The number of alkyl halides is 3. The van der Waals surface area contributed by atoms with E-state index in [1.165, 1.54) is 12.0 Å². The van der Waals surface area contributed by atoms with Crippen LogP contribution in [0.2, 0.25) is 0 Å². The molecule has 1 unspecified atom stereocenters. The zero-order chi connectivity index (χ0) is 21.8. The van der Waals surface area contributed by atoms with Gasteiger partial charge >= 0.3 is 6.18 Å². The number of carbonyl (C=O) groups excluding carboxylic acids is 2. The van der Waals surface area contributed by atoms with Crippen LogP contribution in [0.4, 0.5) is 13.2 Å². The number of methoxy groups -OCH3 is 1. The van der Waals surface area contributed by atoms with Crippen molar-refractivity contribution in [3.8, 4) is 0 Å². The molecule has 3 saturated carbocycles. The van der Waals surface area contributed by atoms with Gasteiger partial charge in [-0.15, -0.1) is 0 Å². The maximum absolute atomic E-state index is 13.1. The van der Waals surface area contributed by atoms with Crippen molar-refractivity contribution >= 4 is 21.5 Å².